The van der Waals surface area contributed by atoms with Crippen molar-refractivity contribution in [3.8, 4) is 23.1 Å². The van der Waals surface area contributed by atoms with Gasteiger partial charge in [-0.05, 0) is 54.8 Å². The Morgan fingerprint density at radius 3 is 2.75 bits per heavy atom. The van der Waals surface area contributed by atoms with Crippen LogP contribution in [0.4, 0.5) is 24.7 Å². The van der Waals surface area contributed by atoms with Crippen LogP contribution >= 0.6 is 0 Å². The molecule has 0 spiro atoms. The minimum Gasteiger partial charge on any atom is -0.366 e. The van der Waals surface area contributed by atoms with Gasteiger partial charge in [0.15, 0.2) is 11.5 Å². The Kier molecular flexibility index (Phi) is 5.05. The van der Waals surface area contributed by atoms with Gasteiger partial charge in [0.1, 0.15) is 0 Å². The van der Waals surface area contributed by atoms with Crippen molar-refractivity contribution in [2.45, 2.75) is 18.6 Å². The smallest absolute Gasteiger partial charge is 0.366 e. The number of amides is 1. The van der Waals surface area contributed by atoms with Crippen molar-refractivity contribution >= 4 is 28.3 Å². The second-order valence-electron chi connectivity index (χ2n) is 8.66. The monoisotopic (exact) mass is 482 g/mol. The quantitative estimate of drug-likeness (QED) is 0.363. The van der Waals surface area contributed by atoms with Gasteiger partial charge >= 0.3 is 12.1 Å². The van der Waals surface area contributed by atoms with Crippen molar-refractivity contribution in [1.82, 2.24) is 9.97 Å². The molecule has 2 aromatic carbocycles. The number of hydrogen-bond acceptors (Lipinski definition) is 4. The number of nitrogens with zero attached hydrogens (tertiary/aromatic N) is 4. The van der Waals surface area contributed by atoms with E-state index < -0.39 is 17.6 Å². The minimum atomic E-state index is -4.46. The molecule has 36 heavy (non-hydrogen) atoms. The zero-order valence-corrected chi connectivity index (χ0v) is 18.8. The molecule has 0 aliphatic carbocycles. The van der Waals surface area contributed by atoms with E-state index in [0.29, 0.717) is 34.8 Å². The average molecular weight is 482 g/mol. The molecule has 2 bridgehead atoms. The van der Waals surface area contributed by atoms with Crippen LogP contribution in [0.1, 0.15) is 17.7 Å². The largest absolute Gasteiger partial charge is 0.416 e. The van der Waals surface area contributed by atoms with Crippen molar-refractivity contribution in [1.29, 1.82) is 0 Å². The highest BCUT2D eigenvalue weighted by Crippen LogP contribution is 2.40. The van der Waals surface area contributed by atoms with Crippen molar-refractivity contribution < 1.29 is 18.0 Å². The van der Waals surface area contributed by atoms with Gasteiger partial charge in [-0.15, -0.1) is 0 Å². The number of hydrogen-bond donors (Lipinski definition) is 0. The molecule has 2 aromatic heterocycles. The Bertz CT molecular complexity index is 1570. The SMILES string of the molecule is O=C(C#Cc1c#cc2ccccc2n1)N1c2nc(-c3cccc(C(F)(F)F)c3)ccc2N2CC[C@H]1C2. The van der Waals surface area contributed by atoms with Crippen LogP contribution in [-0.4, -0.2) is 35.0 Å². The summed E-state index contributed by atoms with van der Waals surface area (Å²) >= 11 is 0. The van der Waals surface area contributed by atoms with Crippen LogP contribution in [0.15, 0.2) is 60.7 Å². The highest BCUT2D eigenvalue weighted by molar-refractivity contribution is 6.08. The molecule has 4 heterocycles. The fraction of sp³-hybridized carbons (Fsp3) is 0.179. The van der Waals surface area contributed by atoms with Crippen LogP contribution in [0, 0.1) is 24.0 Å². The maximum absolute atomic E-state index is 13.3. The number of carbonyl (C=O) groups excluding carboxylic acids is 1. The average Bonchev–Trinajstić information content (AvgIpc) is 3.31. The first kappa shape index (κ1) is 21.9. The van der Waals surface area contributed by atoms with Crippen molar-refractivity contribution in [3.63, 3.8) is 0 Å². The predicted octanol–water partition coefficient (Wildman–Crippen LogP) is 4.89. The first-order valence-corrected chi connectivity index (χ1v) is 11.4. The third-order valence-electron chi connectivity index (χ3n) is 6.40. The Morgan fingerprint density at radius 1 is 1.03 bits per heavy atom. The standard InChI is InChI=1S/C28H17F3N4O/c29-28(30,31)20-6-3-5-19(16-20)24-11-12-25-27(33-24)35(22-14-15-34(25)17-22)26(36)13-10-21-9-8-18-4-1-2-7-23(18)32-21/h1-7,11-12,16,22H,14-15,17H2/t22-/m0/s1. The molecule has 8 heteroatoms. The third kappa shape index (κ3) is 3.87. The number of alkyl halides is 3. The Hall–Kier alpha value is -4.56. The topological polar surface area (TPSA) is 49.3 Å². The van der Waals surface area contributed by atoms with E-state index in [2.05, 4.69) is 38.8 Å². The third-order valence-corrected chi connectivity index (χ3v) is 6.40. The second kappa shape index (κ2) is 8.28. The molecule has 5 nitrogen and oxygen atoms in total. The second-order valence-corrected chi connectivity index (χ2v) is 8.66. The van der Waals surface area contributed by atoms with Crippen LogP contribution in [0.3, 0.4) is 0 Å². The fourth-order valence-corrected chi connectivity index (χ4v) is 4.67. The van der Waals surface area contributed by atoms with Gasteiger partial charge in [0.2, 0.25) is 0 Å². The summed E-state index contributed by atoms with van der Waals surface area (Å²) in [5, 5.41) is 0.803. The number of benzene rings is 2. The molecule has 0 radical (unpaired) electrons. The van der Waals surface area contributed by atoms with Crippen LogP contribution < -0.4 is 9.80 Å². The number of fused-ring (bicyclic) bond motifs is 5. The van der Waals surface area contributed by atoms with Gasteiger partial charge in [0.05, 0.1) is 33.9 Å². The van der Waals surface area contributed by atoms with Gasteiger partial charge in [-0.3, -0.25) is 9.69 Å². The lowest BCUT2D eigenvalue weighted by Gasteiger charge is -2.34. The first-order valence-electron chi connectivity index (χ1n) is 11.4. The highest BCUT2D eigenvalue weighted by atomic mass is 19.4. The molecule has 6 rings (SSSR count). The van der Waals surface area contributed by atoms with Crippen molar-refractivity contribution in [3.05, 3.63) is 84.1 Å². The number of pyridine rings is 1. The van der Waals surface area contributed by atoms with Gasteiger partial charge in [-0.2, -0.15) is 13.2 Å². The molecule has 0 saturated carbocycles. The zero-order valence-electron chi connectivity index (χ0n) is 18.8. The molecule has 0 unspecified atom stereocenters. The lowest BCUT2D eigenvalue weighted by molar-refractivity contribution is -0.137. The minimum absolute atomic E-state index is 0.122. The molecular formula is C28H17F3N4O. The van der Waals surface area contributed by atoms with E-state index in [4.69, 9.17) is 0 Å². The molecule has 2 aliphatic heterocycles. The van der Waals surface area contributed by atoms with E-state index >= 15 is 0 Å². The van der Waals surface area contributed by atoms with Gasteiger partial charge in [0, 0.05) is 24.6 Å². The lowest BCUT2D eigenvalue weighted by Crippen LogP contribution is -2.46. The van der Waals surface area contributed by atoms with E-state index in [9.17, 15) is 18.0 Å². The van der Waals surface area contributed by atoms with Gasteiger partial charge in [-0.1, -0.05) is 30.3 Å². The number of carbonyl (C=O) groups is 1. The molecule has 4 aromatic rings. The van der Waals surface area contributed by atoms with E-state index in [1.54, 1.807) is 23.1 Å². The van der Waals surface area contributed by atoms with Crippen LogP contribution in [-0.2, 0) is 11.0 Å². The van der Waals surface area contributed by atoms with Crippen molar-refractivity contribution in [2.24, 2.45) is 0 Å². The zero-order chi connectivity index (χ0) is 24.9. The molecule has 0 N–H and O–H groups in total. The number of para-hydroxylation sites is 1. The highest BCUT2D eigenvalue weighted by Gasteiger charge is 2.40. The van der Waals surface area contributed by atoms with E-state index in [0.717, 1.165) is 36.2 Å². The normalized spacial score (nSPS) is 16.2. The Morgan fingerprint density at radius 2 is 1.89 bits per heavy atom. The van der Waals surface area contributed by atoms with E-state index in [1.807, 2.05) is 24.3 Å². The molecule has 176 valence electrons. The summed E-state index contributed by atoms with van der Waals surface area (Å²) in [7, 11) is 0. The molecule has 1 amide bonds. The number of anilines is 2. The summed E-state index contributed by atoms with van der Waals surface area (Å²) in [6.07, 6.45) is -3.71. The van der Waals surface area contributed by atoms with E-state index in [-0.39, 0.29) is 6.04 Å². The summed E-state index contributed by atoms with van der Waals surface area (Å²) < 4.78 is 39.7. The summed E-state index contributed by atoms with van der Waals surface area (Å²) in [5.41, 5.74) is 1.70. The van der Waals surface area contributed by atoms with Crippen LogP contribution in [0.5, 0.6) is 0 Å². The summed E-state index contributed by atoms with van der Waals surface area (Å²) in [6.45, 7) is 1.41. The predicted molar refractivity (Wildman–Crippen MR) is 129 cm³/mol. The number of rotatable bonds is 1. The lowest BCUT2D eigenvalue weighted by atomic mass is 10.1. The summed E-state index contributed by atoms with van der Waals surface area (Å²) in [4.78, 5) is 26.1. The van der Waals surface area contributed by atoms with Crippen molar-refractivity contribution in [2.75, 3.05) is 22.9 Å². The molecular weight excluding hydrogens is 465 g/mol. The molecule has 2 aliphatic rings. The molecule has 1 fully saturated rings. The summed E-state index contributed by atoms with van der Waals surface area (Å²) in [5.74, 6) is 5.41. The Labute approximate surface area is 205 Å². The van der Waals surface area contributed by atoms with Crippen LogP contribution in [0.2, 0.25) is 0 Å². The fourth-order valence-electron chi connectivity index (χ4n) is 4.67. The van der Waals surface area contributed by atoms with Gasteiger partial charge < -0.3 is 4.90 Å². The van der Waals surface area contributed by atoms with Gasteiger partial charge in [-0.25, -0.2) is 9.97 Å². The van der Waals surface area contributed by atoms with E-state index in [1.165, 1.54) is 6.07 Å². The molecule has 1 atom stereocenters. The number of halogens is 3. The summed E-state index contributed by atoms with van der Waals surface area (Å²) in [6, 6.07) is 21.7. The van der Waals surface area contributed by atoms with Gasteiger partial charge in [0.25, 0.3) is 0 Å². The van der Waals surface area contributed by atoms with Crippen LogP contribution in [0.25, 0.3) is 22.2 Å². The molecule has 1 saturated heterocycles. The maximum Gasteiger partial charge on any atom is 0.416 e. The number of aromatic nitrogens is 2. The first-order chi connectivity index (χ1) is 17.4. The maximum atomic E-state index is 13.3. The Balaban J connectivity index is 1.37.